The molecule has 0 aliphatic rings. The Bertz CT molecular complexity index is 630. The second kappa shape index (κ2) is 5.65. The average molecular weight is 253 g/mol. The number of ether oxygens (including phenoxy) is 1. The summed E-state index contributed by atoms with van der Waals surface area (Å²) in [4.78, 5) is 14.7. The van der Waals surface area contributed by atoms with Crippen molar-refractivity contribution in [3.05, 3.63) is 48.3 Å². The predicted molar refractivity (Wildman–Crippen MR) is 69.8 cm³/mol. The number of nitriles is 1. The van der Waals surface area contributed by atoms with E-state index in [1.165, 1.54) is 13.1 Å². The number of anilines is 1. The zero-order valence-electron chi connectivity index (χ0n) is 10.3. The minimum absolute atomic E-state index is 0.124. The Labute approximate surface area is 110 Å². The van der Waals surface area contributed by atoms with Crippen LogP contribution >= 0.6 is 0 Å². The number of pyridine rings is 1. The summed E-state index contributed by atoms with van der Waals surface area (Å²) in [5, 5.41) is 11.4. The van der Waals surface area contributed by atoms with Crippen LogP contribution in [0, 0.1) is 11.3 Å². The van der Waals surface area contributed by atoms with Gasteiger partial charge in [-0.1, -0.05) is 0 Å². The summed E-state index contributed by atoms with van der Waals surface area (Å²) in [5.74, 6) is 1.03. The van der Waals surface area contributed by atoms with Gasteiger partial charge in [0, 0.05) is 24.9 Å². The zero-order valence-corrected chi connectivity index (χ0v) is 10.3. The second-order valence-electron chi connectivity index (χ2n) is 3.80. The van der Waals surface area contributed by atoms with E-state index in [1.54, 1.807) is 36.4 Å². The number of carbonyl (C=O) groups excluding carboxylic acids is 1. The van der Waals surface area contributed by atoms with Crippen molar-refractivity contribution in [3.8, 4) is 17.6 Å². The minimum atomic E-state index is -0.124. The van der Waals surface area contributed by atoms with Gasteiger partial charge in [0.1, 0.15) is 23.3 Å². The Hall–Kier alpha value is -2.87. The molecule has 5 heteroatoms. The van der Waals surface area contributed by atoms with Gasteiger partial charge in [0.2, 0.25) is 5.91 Å². The van der Waals surface area contributed by atoms with Crippen LogP contribution in [0.4, 0.5) is 5.69 Å². The van der Waals surface area contributed by atoms with Crippen molar-refractivity contribution in [1.29, 1.82) is 5.26 Å². The molecule has 94 valence electrons. The second-order valence-corrected chi connectivity index (χ2v) is 3.80. The Morgan fingerprint density at radius 3 is 2.63 bits per heavy atom. The highest BCUT2D eigenvalue weighted by Gasteiger charge is 2.00. The van der Waals surface area contributed by atoms with Crippen molar-refractivity contribution >= 4 is 11.6 Å². The lowest BCUT2D eigenvalue weighted by molar-refractivity contribution is -0.114. The molecule has 0 saturated heterocycles. The molecule has 0 bridgehead atoms. The van der Waals surface area contributed by atoms with Crippen molar-refractivity contribution in [1.82, 2.24) is 4.98 Å². The van der Waals surface area contributed by atoms with Crippen molar-refractivity contribution in [3.63, 3.8) is 0 Å². The molecule has 1 aromatic carbocycles. The SMILES string of the molecule is CC(=O)Nc1ccc(Oc2ccnc(C#N)c2)cc1. The highest BCUT2D eigenvalue weighted by Crippen LogP contribution is 2.22. The molecule has 1 aromatic heterocycles. The number of hydrogen-bond donors (Lipinski definition) is 1. The first kappa shape index (κ1) is 12.6. The van der Waals surface area contributed by atoms with Gasteiger partial charge in [0.05, 0.1) is 0 Å². The average Bonchev–Trinajstić information content (AvgIpc) is 2.41. The molecule has 5 nitrogen and oxygen atoms in total. The lowest BCUT2D eigenvalue weighted by atomic mass is 10.3. The van der Waals surface area contributed by atoms with Crippen LogP contribution in [0.15, 0.2) is 42.6 Å². The molecule has 1 heterocycles. The molecule has 0 spiro atoms. The number of carbonyl (C=O) groups is 1. The van der Waals surface area contributed by atoms with Crippen LogP contribution < -0.4 is 10.1 Å². The van der Waals surface area contributed by atoms with Crippen LogP contribution in [0.25, 0.3) is 0 Å². The quantitative estimate of drug-likeness (QED) is 0.912. The third-order valence-electron chi connectivity index (χ3n) is 2.26. The van der Waals surface area contributed by atoms with E-state index in [0.29, 0.717) is 22.9 Å². The highest BCUT2D eigenvalue weighted by atomic mass is 16.5. The van der Waals surface area contributed by atoms with Crippen LogP contribution in [0.5, 0.6) is 11.5 Å². The summed E-state index contributed by atoms with van der Waals surface area (Å²) in [6.45, 7) is 1.45. The van der Waals surface area contributed by atoms with E-state index in [9.17, 15) is 4.79 Å². The fourth-order valence-electron chi connectivity index (χ4n) is 1.48. The number of rotatable bonds is 3. The first-order valence-corrected chi connectivity index (χ1v) is 5.59. The number of nitrogens with zero attached hydrogens (tertiary/aromatic N) is 2. The van der Waals surface area contributed by atoms with E-state index in [-0.39, 0.29) is 5.91 Å². The van der Waals surface area contributed by atoms with Gasteiger partial charge in [-0.05, 0) is 30.3 Å². The molecular formula is C14H11N3O2. The van der Waals surface area contributed by atoms with Crippen molar-refractivity contribution in [2.24, 2.45) is 0 Å². The van der Waals surface area contributed by atoms with Gasteiger partial charge in [-0.25, -0.2) is 4.98 Å². The predicted octanol–water partition coefficient (Wildman–Crippen LogP) is 2.70. The van der Waals surface area contributed by atoms with E-state index in [2.05, 4.69) is 10.3 Å². The fraction of sp³-hybridized carbons (Fsp3) is 0.0714. The Morgan fingerprint density at radius 1 is 1.26 bits per heavy atom. The lowest BCUT2D eigenvalue weighted by Crippen LogP contribution is -2.05. The molecule has 2 aromatic rings. The molecule has 0 saturated carbocycles. The molecule has 0 radical (unpaired) electrons. The molecule has 0 aliphatic carbocycles. The van der Waals surface area contributed by atoms with Crippen LogP contribution in [0.1, 0.15) is 12.6 Å². The summed E-state index contributed by atoms with van der Waals surface area (Å²) in [5.41, 5.74) is 1.000. The van der Waals surface area contributed by atoms with Crippen LogP contribution in [-0.4, -0.2) is 10.9 Å². The highest BCUT2D eigenvalue weighted by molar-refractivity contribution is 5.88. The minimum Gasteiger partial charge on any atom is -0.457 e. The lowest BCUT2D eigenvalue weighted by Gasteiger charge is -2.07. The largest absolute Gasteiger partial charge is 0.457 e. The van der Waals surface area contributed by atoms with Gasteiger partial charge in [-0.3, -0.25) is 4.79 Å². The Kier molecular flexibility index (Phi) is 3.74. The molecule has 0 fully saturated rings. The maximum Gasteiger partial charge on any atom is 0.221 e. The fourth-order valence-corrected chi connectivity index (χ4v) is 1.48. The molecular weight excluding hydrogens is 242 g/mol. The van der Waals surface area contributed by atoms with Gasteiger partial charge in [-0.2, -0.15) is 5.26 Å². The van der Waals surface area contributed by atoms with Crippen molar-refractivity contribution in [2.45, 2.75) is 6.92 Å². The third kappa shape index (κ3) is 3.54. The van der Waals surface area contributed by atoms with Gasteiger partial charge in [0.25, 0.3) is 0 Å². The molecule has 1 N–H and O–H groups in total. The van der Waals surface area contributed by atoms with E-state index < -0.39 is 0 Å². The molecule has 19 heavy (non-hydrogen) atoms. The molecule has 0 unspecified atom stereocenters. The Morgan fingerprint density at radius 2 is 2.00 bits per heavy atom. The maximum absolute atomic E-state index is 10.9. The van der Waals surface area contributed by atoms with Gasteiger partial charge >= 0.3 is 0 Å². The number of amides is 1. The van der Waals surface area contributed by atoms with Crippen LogP contribution in [0.3, 0.4) is 0 Å². The van der Waals surface area contributed by atoms with Gasteiger partial charge in [0.15, 0.2) is 0 Å². The smallest absolute Gasteiger partial charge is 0.221 e. The third-order valence-corrected chi connectivity index (χ3v) is 2.26. The molecule has 0 aliphatic heterocycles. The Balaban J connectivity index is 2.11. The van der Waals surface area contributed by atoms with Crippen LogP contribution in [0.2, 0.25) is 0 Å². The monoisotopic (exact) mass is 253 g/mol. The summed E-state index contributed by atoms with van der Waals surface area (Å²) in [6.07, 6.45) is 1.51. The summed E-state index contributed by atoms with van der Waals surface area (Å²) in [6, 6.07) is 12.1. The molecule has 0 atom stereocenters. The van der Waals surface area contributed by atoms with Crippen molar-refractivity contribution in [2.75, 3.05) is 5.32 Å². The number of nitrogens with one attached hydrogen (secondary N) is 1. The first-order valence-electron chi connectivity index (χ1n) is 5.59. The topological polar surface area (TPSA) is 75.0 Å². The van der Waals surface area contributed by atoms with E-state index in [0.717, 1.165) is 0 Å². The first-order chi connectivity index (χ1) is 9.17. The molecule has 2 rings (SSSR count). The van der Waals surface area contributed by atoms with E-state index >= 15 is 0 Å². The van der Waals surface area contributed by atoms with Crippen LogP contribution in [-0.2, 0) is 4.79 Å². The van der Waals surface area contributed by atoms with Gasteiger partial charge in [-0.15, -0.1) is 0 Å². The summed E-state index contributed by atoms with van der Waals surface area (Å²) < 4.78 is 5.58. The van der Waals surface area contributed by atoms with E-state index in [1.807, 2.05) is 6.07 Å². The standard InChI is InChI=1S/C14H11N3O2/c1-10(18)17-11-2-4-13(5-3-11)19-14-6-7-16-12(8-14)9-15/h2-8H,1H3,(H,17,18). The zero-order chi connectivity index (χ0) is 13.7. The van der Waals surface area contributed by atoms with Gasteiger partial charge < -0.3 is 10.1 Å². The number of aromatic nitrogens is 1. The normalized spacial score (nSPS) is 9.47. The van der Waals surface area contributed by atoms with Crippen molar-refractivity contribution < 1.29 is 9.53 Å². The van der Waals surface area contributed by atoms with E-state index in [4.69, 9.17) is 10.00 Å². The summed E-state index contributed by atoms with van der Waals surface area (Å²) in [7, 11) is 0. The number of hydrogen-bond acceptors (Lipinski definition) is 4. The molecule has 1 amide bonds. The maximum atomic E-state index is 10.9. The summed E-state index contributed by atoms with van der Waals surface area (Å²) >= 11 is 0. The number of benzene rings is 1.